The van der Waals surface area contributed by atoms with Crippen LogP contribution in [0.4, 0.5) is 0 Å². The third-order valence-electron chi connectivity index (χ3n) is 8.10. The molecule has 6 rings (SSSR count). The van der Waals surface area contributed by atoms with E-state index in [0.29, 0.717) is 0 Å². The van der Waals surface area contributed by atoms with Crippen molar-refractivity contribution >= 4 is 33.4 Å². The van der Waals surface area contributed by atoms with Crippen molar-refractivity contribution in [2.45, 2.75) is 38.9 Å². The van der Waals surface area contributed by atoms with Crippen molar-refractivity contribution in [3.8, 4) is 23.0 Å². The molecule has 0 unspecified atom stereocenters. The van der Waals surface area contributed by atoms with Gasteiger partial charge in [-0.3, -0.25) is 19.2 Å². The summed E-state index contributed by atoms with van der Waals surface area (Å²) in [6.07, 6.45) is -4.95. The summed E-state index contributed by atoms with van der Waals surface area (Å²) in [5.74, 6) is -4.25. The third-order valence-corrected chi connectivity index (χ3v) is 8.10. The van der Waals surface area contributed by atoms with Crippen molar-refractivity contribution in [3.63, 3.8) is 0 Å². The van der Waals surface area contributed by atoms with Crippen molar-refractivity contribution < 1.29 is 40.9 Å². The molecular weight excluding hydrogens is 552 g/mol. The molecule has 0 aromatic heterocycles. The third kappa shape index (κ3) is 3.24. The zero-order valence-electron chi connectivity index (χ0n) is 21.9. The first-order valence-electron chi connectivity index (χ1n) is 12.7. The first-order valence-corrected chi connectivity index (χ1v) is 12.7. The zero-order chi connectivity index (χ0) is 30.7. The molecule has 8 N–H and O–H groups in total. The van der Waals surface area contributed by atoms with Gasteiger partial charge in [0.25, 0.3) is 0 Å². The van der Waals surface area contributed by atoms with Gasteiger partial charge in [0.2, 0.25) is 5.43 Å². The van der Waals surface area contributed by atoms with E-state index in [-0.39, 0.29) is 11.1 Å². The summed E-state index contributed by atoms with van der Waals surface area (Å²) in [6.45, 7) is 2.65. The lowest BCUT2D eigenvalue weighted by Gasteiger charge is -2.28. The van der Waals surface area contributed by atoms with Crippen LogP contribution >= 0.6 is 0 Å². The van der Waals surface area contributed by atoms with E-state index < -0.39 is 135 Å². The normalized spacial score (nSPS) is 18.6. The number of phenols is 4. The summed E-state index contributed by atoms with van der Waals surface area (Å²) in [6, 6.07) is 2.00. The van der Waals surface area contributed by atoms with Crippen LogP contribution in [0.5, 0.6) is 23.0 Å². The summed E-state index contributed by atoms with van der Waals surface area (Å²) in [7, 11) is 0. The fourth-order valence-corrected chi connectivity index (χ4v) is 6.25. The van der Waals surface area contributed by atoms with Crippen molar-refractivity contribution in [1.29, 1.82) is 0 Å². The highest BCUT2D eigenvalue weighted by atomic mass is 16.3. The van der Waals surface area contributed by atoms with Gasteiger partial charge in [-0.1, -0.05) is 0 Å². The quantitative estimate of drug-likeness (QED) is 0.108. The lowest BCUT2D eigenvalue weighted by molar-refractivity contribution is 0.209. The molecule has 4 aliphatic rings. The van der Waals surface area contributed by atoms with E-state index in [4.69, 9.17) is 0 Å². The van der Waals surface area contributed by atoms with Crippen LogP contribution in [-0.4, -0.2) is 53.1 Å². The number of hydrogen-bond donors (Lipinski definition) is 8. The second kappa shape index (κ2) is 8.65. The molecule has 0 fully saturated rings. The van der Waals surface area contributed by atoms with Crippen LogP contribution in [-0.2, 0) is 0 Å². The van der Waals surface area contributed by atoms with E-state index in [1.54, 1.807) is 0 Å². The SMILES string of the molecule is Cc1cc(O)c2c(O)c3c(c(O)c2c1O)=C(C1=c2c(=O)c4c(=O)c(C)cc(=O)c=4c(=O)c2=C(O)C[C@@H]1O)[C@@H](O)CC=3O. The molecule has 0 amide bonds. The van der Waals surface area contributed by atoms with Crippen LogP contribution in [0.15, 0.2) is 31.3 Å². The Kier molecular flexibility index (Phi) is 5.56. The van der Waals surface area contributed by atoms with Crippen molar-refractivity contribution in [2.24, 2.45) is 0 Å². The number of aliphatic hydroxyl groups excluding tert-OH is 4. The van der Waals surface area contributed by atoms with E-state index in [1.165, 1.54) is 13.8 Å². The number of aliphatic hydroxyl groups is 4. The summed E-state index contributed by atoms with van der Waals surface area (Å²) in [4.78, 5) is 53.2. The molecule has 0 spiro atoms. The Hall–Kier alpha value is -5.20. The number of aryl methyl sites for hydroxylation is 2. The summed E-state index contributed by atoms with van der Waals surface area (Å²) in [5, 5.41) is 83.0. The zero-order valence-corrected chi connectivity index (χ0v) is 21.9. The van der Waals surface area contributed by atoms with Gasteiger partial charge in [0.15, 0.2) is 16.3 Å². The predicted molar refractivity (Wildman–Crippen MR) is 148 cm³/mol. The Balaban J connectivity index is 2.06. The highest BCUT2D eigenvalue weighted by molar-refractivity contribution is 6.05. The minimum Gasteiger partial charge on any atom is -0.511 e. The average Bonchev–Trinajstić information content (AvgIpc) is 2.90. The Morgan fingerprint density at radius 2 is 1.07 bits per heavy atom. The van der Waals surface area contributed by atoms with Gasteiger partial charge in [-0.25, -0.2) is 0 Å². The van der Waals surface area contributed by atoms with Crippen LogP contribution in [0.25, 0.3) is 33.4 Å². The van der Waals surface area contributed by atoms with E-state index in [2.05, 4.69) is 0 Å². The standard InChI is InChI=1S/C30H22O12/c1-7-3-9(31)19-23(25(7)37)29(41)21-15(11(33)5-13(35)17(21)27(19)39)16-12(34)6-14(36)18-22(16)30(42)24-20(28(18)40)10(32)4-8(2)26(24)38/h3-4,11-12,31,33-37,39,41H,5-6H2,1-2H3/t11-,12-/m0/s1. The Bertz CT molecular complexity index is 2500. The lowest BCUT2D eigenvalue weighted by Crippen LogP contribution is -2.58. The first kappa shape index (κ1) is 27.0. The fraction of sp³-hybridized carbons (Fsp3) is 0.200. The van der Waals surface area contributed by atoms with Crippen molar-refractivity contribution in [3.05, 3.63) is 95.5 Å². The van der Waals surface area contributed by atoms with E-state index in [1.807, 2.05) is 0 Å². The first-order chi connectivity index (χ1) is 19.7. The summed E-state index contributed by atoms with van der Waals surface area (Å²) >= 11 is 0. The average molecular weight is 574 g/mol. The van der Waals surface area contributed by atoms with Crippen LogP contribution in [0.1, 0.15) is 24.0 Å². The number of fused-ring (bicyclic) bond motifs is 3. The Labute approximate surface area is 231 Å². The van der Waals surface area contributed by atoms with Gasteiger partial charge in [0.05, 0.1) is 43.9 Å². The molecule has 214 valence electrons. The molecule has 0 radical (unpaired) electrons. The highest BCUT2D eigenvalue weighted by Gasteiger charge is 2.35. The van der Waals surface area contributed by atoms with Crippen LogP contribution in [0.2, 0.25) is 0 Å². The molecule has 2 atom stereocenters. The van der Waals surface area contributed by atoms with Gasteiger partial charge in [-0.2, -0.15) is 0 Å². The molecule has 0 aliphatic heterocycles. The van der Waals surface area contributed by atoms with Gasteiger partial charge >= 0.3 is 0 Å². The molecule has 0 bridgehead atoms. The fourth-order valence-electron chi connectivity index (χ4n) is 6.25. The maximum absolute atomic E-state index is 13.9. The molecular formula is C30H22O12. The molecule has 42 heavy (non-hydrogen) atoms. The van der Waals surface area contributed by atoms with Crippen molar-refractivity contribution in [1.82, 2.24) is 0 Å². The number of benzene rings is 2. The minimum atomic E-state index is -1.83. The predicted octanol–water partition coefficient (Wildman–Crippen LogP) is -2.82. The largest absolute Gasteiger partial charge is 0.511 e. The van der Waals surface area contributed by atoms with Gasteiger partial charge < -0.3 is 40.9 Å². The molecule has 2 aromatic carbocycles. The minimum absolute atomic E-state index is 0.0760. The summed E-state index contributed by atoms with van der Waals surface area (Å²) < 4.78 is 0. The Morgan fingerprint density at radius 3 is 1.69 bits per heavy atom. The summed E-state index contributed by atoms with van der Waals surface area (Å²) in [5.41, 5.74) is -5.25. The van der Waals surface area contributed by atoms with Crippen LogP contribution < -0.4 is 42.6 Å². The molecule has 0 heterocycles. The second-order valence-electron chi connectivity index (χ2n) is 10.6. The molecule has 0 saturated carbocycles. The lowest BCUT2D eigenvalue weighted by atomic mass is 9.81. The molecule has 12 heteroatoms. The molecule has 2 aromatic rings. The van der Waals surface area contributed by atoms with E-state index >= 15 is 0 Å². The van der Waals surface area contributed by atoms with Gasteiger partial charge in [-0.05, 0) is 42.7 Å². The maximum atomic E-state index is 13.9. The van der Waals surface area contributed by atoms with Crippen molar-refractivity contribution in [2.75, 3.05) is 0 Å². The highest BCUT2D eigenvalue weighted by Crippen LogP contribution is 2.43. The number of rotatable bonds is 1. The van der Waals surface area contributed by atoms with Crippen LogP contribution in [0.3, 0.4) is 0 Å². The second-order valence-corrected chi connectivity index (χ2v) is 10.6. The maximum Gasteiger partial charge on any atom is 0.201 e. The van der Waals surface area contributed by atoms with Gasteiger partial charge in [0.1, 0.15) is 34.5 Å². The molecule has 12 nitrogen and oxygen atoms in total. The number of phenolic OH excluding ortho intramolecular Hbond substituents is 4. The smallest absolute Gasteiger partial charge is 0.201 e. The van der Waals surface area contributed by atoms with E-state index in [0.717, 1.165) is 12.1 Å². The van der Waals surface area contributed by atoms with Gasteiger partial charge in [-0.15, -0.1) is 0 Å². The molecule has 0 saturated heterocycles. The molecule has 4 aliphatic carbocycles. The monoisotopic (exact) mass is 574 g/mol. The van der Waals surface area contributed by atoms with E-state index in [9.17, 15) is 60.0 Å². The Morgan fingerprint density at radius 1 is 0.548 bits per heavy atom. The van der Waals surface area contributed by atoms with Gasteiger partial charge in [0, 0.05) is 28.8 Å². The number of hydrogen-bond acceptors (Lipinski definition) is 12. The topological polar surface area (TPSA) is 230 Å². The van der Waals surface area contributed by atoms with Crippen LogP contribution in [0, 0.1) is 24.3 Å². The number of aromatic hydroxyl groups is 4.